The number of nitrogens with zero attached hydrogens (tertiary/aromatic N) is 3. The molecule has 3 aromatic rings. The lowest BCUT2D eigenvalue weighted by atomic mass is 10.1. The molecule has 1 amide bonds. The molecule has 0 N–H and O–H groups in total. The van der Waals surface area contributed by atoms with Gasteiger partial charge >= 0.3 is 0 Å². The standard InChI is InChI=1S/C18H16BrN3O2/c1-21(2)18(24)13-8-6-12(7-9-13)17(23)11-22-10-14-15(19)4-3-5-16(14)20-22/h3-10H,11H2,1-2H3. The van der Waals surface area contributed by atoms with Crippen molar-refractivity contribution in [1.82, 2.24) is 14.7 Å². The lowest BCUT2D eigenvalue weighted by Gasteiger charge is -2.10. The lowest BCUT2D eigenvalue weighted by Crippen LogP contribution is -2.21. The van der Waals surface area contributed by atoms with E-state index in [2.05, 4.69) is 21.0 Å². The van der Waals surface area contributed by atoms with E-state index in [1.54, 1.807) is 43.0 Å². The number of benzene rings is 2. The van der Waals surface area contributed by atoms with E-state index < -0.39 is 0 Å². The zero-order chi connectivity index (χ0) is 17.3. The van der Waals surface area contributed by atoms with Crippen molar-refractivity contribution in [2.75, 3.05) is 14.1 Å². The molecule has 0 bridgehead atoms. The van der Waals surface area contributed by atoms with Gasteiger partial charge in [0.05, 0.1) is 5.52 Å². The van der Waals surface area contributed by atoms with Crippen LogP contribution in [0.5, 0.6) is 0 Å². The summed E-state index contributed by atoms with van der Waals surface area (Å²) in [5.41, 5.74) is 1.96. The van der Waals surface area contributed by atoms with Gasteiger partial charge in [0, 0.05) is 41.3 Å². The van der Waals surface area contributed by atoms with Gasteiger partial charge in [-0.2, -0.15) is 5.10 Å². The minimum atomic E-state index is -0.0859. The third kappa shape index (κ3) is 3.23. The second-order valence-electron chi connectivity index (χ2n) is 5.70. The molecule has 24 heavy (non-hydrogen) atoms. The molecule has 122 valence electrons. The van der Waals surface area contributed by atoms with Crippen LogP contribution in [-0.4, -0.2) is 40.5 Å². The van der Waals surface area contributed by atoms with Crippen molar-refractivity contribution in [3.63, 3.8) is 0 Å². The summed E-state index contributed by atoms with van der Waals surface area (Å²) in [6, 6.07) is 12.5. The maximum atomic E-state index is 12.4. The highest BCUT2D eigenvalue weighted by Crippen LogP contribution is 2.22. The Balaban J connectivity index is 1.79. The van der Waals surface area contributed by atoms with E-state index in [1.165, 1.54) is 4.90 Å². The van der Waals surface area contributed by atoms with E-state index in [0.717, 1.165) is 15.4 Å². The lowest BCUT2D eigenvalue weighted by molar-refractivity contribution is 0.0826. The Hall–Kier alpha value is -2.47. The first-order valence-electron chi connectivity index (χ1n) is 7.42. The van der Waals surface area contributed by atoms with Crippen molar-refractivity contribution in [1.29, 1.82) is 0 Å². The van der Waals surface area contributed by atoms with Gasteiger partial charge in [-0.15, -0.1) is 0 Å². The molecule has 0 radical (unpaired) electrons. The molecule has 6 heteroatoms. The first kappa shape index (κ1) is 16.4. The number of ketones is 1. The number of fused-ring (bicyclic) bond motifs is 1. The maximum absolute atomic E-state index is 12.4. The molecule has 0 aliphatic heterocycles. The highest BCUT2D eigenvalue weighted by atomic mass is 79.9. The fourth-order valence-electron chi connectivity index (χ4n) is 2.43. The highest BCUT2D eigenvalue weighted by molar-refractivity contribution is 9.10. The molecule has 3 rings (SSSR count). The Kier molecular flexibility index (Phi) is 4.49. The number of carbonyl (C=O) groups is 2. The number of carbonyl (C=O) groups excluding carboxylic acids is 2. The largest absolute Gasteiger partial charge is 0.345 e. The predicted octanol–water partition coefficient (Wildman–Crippen LogP) is 3.38. The number of amides is 1. The summed E-state index contributed by atoms with van der Waals surface area (Å²) in [4.78, 5) is 25.8. The minimum Gasteiger partial charge on any atom is -0.345 e. The van der Waals surface area contributed by atoms with Gasteiger partial charge < -0.3 is 4.90 Å². The van der Waals surface area contributed by atoms with Crippen molar-refractivity contribution >= 4 is 38.5 Å². The normalized spacial score (nSPS) is 10.8. The Labute approximate surface area is 148 Å². The van der Waals surface area contributed by atoms with Gasteiger partial charge in [0.1, 0.15) is 6.54 Å². The number of aromatic nitrogens is 2. The SMILES string of the molecule is CN(C)C(=O)c1ccc(C(=O)Cn2cc3c(Br)cccc3n2)cc1. The second kappa shape index (κ2) is 6.57. The van der Waals surface area contributed by atoms with Crippen LogP contribution in [0.3, 0.4) is 0 Å². The molecule has 0 atom stereocenters. The van der Waals surface area contributed by atoms with Crippen molar-refractivity contribution < 1.29 is 9.59 Å². The fourth-order valence-corrected chi connectivity index (χ4v) is 2.89. The summed E-state index contributed by atoms with van der Waals surface area (Å²) < 4.78 is 2.58. The van der Waals surface area contributed by atoms with Gasteiger partial charge in [-0.3, -0.25) is 14.3 Å². The zero-order valence-corrected chi connectivity index (χ0v) is 14.9. The Morgan fingerprint density at radius 1 is 1.08 bits per heavy atom. The molecule has 1 heterocycles. The molecule has 0 aliphatic carbocycles. The Morgan fingerprint density at radius 3 is 2.38 bits per heavy atom. The van der Waals surface area contributed by atoms with E-state index in [4.69, 9.17) is 0 Å². The van der Waals surface area contributed by atoms with Crippen molar-refractivity contribution in [3.8, 4) is 0 Å². The molecule has 0 unspecified atom stereocenters. The molecule has 2 aromatic carbocycles. The summed E-state index contributed by atoms with van der Waals surface area (Å²) >= 11 is 3.48. The first-order chi connectivity index (χ1) is 11.5. The monoisotopic (exact) mass is 385 g/mol. The van der Waals surface area contributed by atoms with E-state index in [1.807, 2.05) is 24.4 Å². The van der Waals surface area contributed by atoms with E-state index in [-0.39, 0.29) is 18.2 Å². The van der Waals surface area contributed by atoms with Crippen molar-refractivity contribution in [2.24, 2.45) is 0 Å². The minimum absolute atomic E-state index is 0.0530. The number of rotatable bonds is 4. The third-order valence-electron chi connectivity index (χ3n) is 3.71. The molecule has 1 aromatic heterocycles. The number of hydrogen-bond donors (Lipinski definition) is 0. The molecular weight excluding hydrogens is 370 g/mol. The molecular formula is C18H16BrN3O2. The van der Waals surface area contributed by atoms with Crippen molar-refractivity contribution in [3.05, 3.63) is 64.3 Å². The van der Waals surface area contributed by atoms with Crippen LogP contribution >= 0.6 is 15.9 Å². The molecule has 5 nitrogen and oxygen atoms in total. The van der Waals surface area contributed by atoms with Crippen LogP contribution in [0.15, 0.2) is 53.1 Å². The highest BCUT2D eigenvalue weighted by Gasteiger charge is 2.12. The zero-order valence-electron chi connectivity index (χ0n) is 13.4. The molecule has 0 saturated heterocycles. The number of hydrogen-bond acceptors (Lipinski definition) is 3. The van der Waals surface area contributed by atoms with Crippen LogP contribution in [0, 0.1) is 0 Å². The van der Waals surface area contributed by atoms with E-state index >= 15 is 0 Å². The van der Waals surface area contributed by atoms with Crippen LogP contribution in [0.25, 0.3) is 10.9 Å². The Morgan fingerprint density at radius 2 is 1.75 bits per heavy atom. The van der Waals surface area contributed by atoms with Gasteiger partial charge in [0.2, 0.25) is 0 Å². The van der Waals surface area contributed by atoms with Crippen LogP contribution < -0.4 is 0 Å². The summed E-state index contributed by atoms with van der Waals surface area (Å²) in [5, 5.41) is 5.38. The average molecular weight is 386 g/mol. The number of halogens is 1. The van der Waals surface area contributed by atoms with Crippen LogP contribution in [-0.2, 0) is 6.54 Å². The quantitative estimate of drug-likeness (QED) is 0.646. The summed E-state index contributed by atoms with van der Waals surface area (Å²) in [6.07, 6.45) is 1.85. The van der Waals surface area contributed by atoms with E-state index in [0.29, 0.717) is 11.1 Å². The predicted molar refractivity (Wildman–Crippen MR) is 96.2 cm³/mol. The van der Waals surface area contributed by atoms with Gasteiger partial charge in [-0.1, -0.05) is 34.1 Å². The topological polar surface area (TPSA) is 55.2 Å². The fraction of sp³-hybridized carbons (Fsp3) is 0.167. The van der Waals surface area contributed by atoms with Crippen LogP contribution in [0.2, 0.25) is 0 Å². The Bertz CT molecular complexity index is 914. The van der Waals surface area contributed by atoms with Crippen molar-refractivity contribution in [2.45, 2.75) is 6.54 Å². The number of Topliss-reactive ketones (excluding diaryl/α,β-unsaturated/α-hetero) is 1. The maximum Gasteiger partial charge on any atom is 0.253 e. The first-order valence-corrected chi connectivity index (χ1v) is 8.21. The van der Waals surface area contributed by atoms with Gasteiger partial charge in [0.25, 0.3) is 5.91 Å². The van der Waals surface area contributed by atoms with Gasteiger partial charge in [0.15, 0.2) is 5.78 Å². The average Bonchev–Trinajstić information content (AvgIpc) is 2.98. The summed E-state index contributed by atoms with van der Waals surface area (Å²) in [7, 11) is 3.39. The summed E-state index contributed by atoms with van der Waals surface area (Å²) in [6.45, 7) is 0.155. The van der Waals surface area contributed by atoms with Crippen LogP contribution in [0.1, 0.15) is 20.7 Å². The van der Waals surface area contributed by atoms with E-state index in [9.17, 15) is 9.59 Å². The molecule has 0 aliphatic rings. The smallest absolute Gasteiger partial charge is 0.253 e. The van der Waals surface area contributed by atoms with Gasteiger partial charge in [-0.25, -0.2) is 0 Å². The second-order valence-corrected chi connectivity index (χ2v) is 6.55. The summed E-state index contributed by atoms with van der Waals surface area (Å²) in [5.74, 6) is -0.139. The molecule has 0 saturated carbocycles. The molecule has 0 spiro atoms. The third-order valence-corrected chi connectivity index (χ3v) is 4.40. The van der Waals surface area contributed by atoms with Gasteiger partial charge in [-0.05, 0) is 24.3 Å². The van der Waals surface area contributed by atoms with Crippen LogP contribution in [0.4, 0.5) is 0 Å². The molecule has 0 fully saturated rings.